The van der Waals surface area contributed by atoms with E-state index in [1.54, 1.807) is 14.2 Å². The summed E-state index contributed by atoms with van der Waals surface area (Å²) in [6.07, 6.45) is 7.72. The molecule has 33 heavy (non-hydrogen) atoms. The van der Waals surface area contributed by atoms with Crippen molar-refractivity contribution in [2.45, 2.75) is 25.7 Å². The number of carbonyl (C=O) groups is 1. The lowest BCUT2D eigenvalue weighted by Crippen LogP contribution is -2.39. The molecule has 0 aliphatic carbocycles. The van der Waals surface area contributed by atoms with Gasteiger partial charge in [0, 0.05) is 31.0 Å². The molecule has 0 atom stereocenters. The van der Waals surface area contributed by atoms with E-state index >= 15 is 0 Å². The fourth-order valence-corrected chi connectivity index (χ4v) is 3.81. The topological polar surface area (TPSA) is 118 Å². The van der Waals surface area contributed by atoms with Gasteiger partial charge >= 0.3 is 0 Å². The number of hydrogen-bond donors (Lipinski definition) is 0. The smallest absolute Gasteiger partial charge is 0.254 e. The number of methoxy groups -OCH3 is 2. The number of amides is 1. The molecule has 1 aliphatic rings. The van der Waals surface area contributed by atoms with Crippen LogP contribution in [0.25, 0.3) is 0 Å². The summed E-state index contributed by atoms with van der Waals surface area (Å²) >= 11 is 0. The van der Waals surface area contributed by atoms with Gasteiger partial charge in [-0.25, -0.2) is 0 Å². The van der Waals surface area contributed by atoms with E-state index in [1.807, 2.05) is 35.5 Å². The number of aromatic nitrogens is 1. The third-order valence-electron chi connectivity index (χ3n) is 5.47. The van der Waals surface area contributed by atoms with E-state index in [-0.39, 0.29) is 41.7 Å². The molecule has 0 spiro atoms. The Kier molecular flexibility index (Phi) is 16.5. The van der Waals surface area contributed by atoms with Gasteiger partial charge in [-0.3, -0.25) is 9.78 Å². The van der Waals surface area contributed by atoms with Crippen LogP contribution in [0.5, 0.6) is 11.5 Å². The molecule has 0 unspecified atom stereocenters. The largest absolute Gasteiger partial charge is 0.493 e. The van der Waals surface area contributed by atoms with E-state index in [2.05, 4.69) is 23.0 Å². The summed E-state index contributed by atoms with van der Waals surface area (Å²) in [6.45, 7) is 3.56. The number of pyridine rings is 1. The van der Waals surface area contributed by atoms with Gasteiger partial charge < -0.3 is 30.2 Å². The first kappa shape index (κ1) is 33.1. The number of rotatable bonds is 10. The lowest BCUT2D eigenvalue weighted by Gasteiger charge is -2.30. The van der Waals surface area contributed by atoms with E-state index in [4.69, 9.17) is 9.47 Å². The first-order chi connectivity index (χ1) is 14.1. The van der Waals surface area contributed by atoms with Gasteiger partial charge in [0.25, 0.3) is 5.91 Å². The molecule has 0 bridgehead atoms. The van der Waals surface area contributed by atoms with Crippen molar-refractivity contribution in [3.63, 3.8) is 0 Å². The molecule has 2 heterocycles. The van der Waals surface area contributed by atoms with Crippen LogP contribution < -0.4 is 9.47 Å². The average molecular weight is 506 g/mol. The van der Waals surface area contributed by atoms with Crippen molar-refractivity contribution < 1.29 is 25.2 Å². The first-order valence-corrected chi connectivity index (χ1v) is 10.2. The molecule has 0 fully saturated rings. The maximum atomic E-state index is 12.9. The molecule has 10 heteroatoms. The Hall–Kier alpha value is -2.10. The van der Waals surface area contributed by atoms with Crippen LogP contribution in [0.2, 0.25) is 0 Å². The van der Waals surface area contributed by atoms with Crippen LogP contribution in [0, 0.1) is 0 Å². The number of benzene rings is 1. The summed E-state index contributed by atoms with van der Waals surface area (Å²) < 4.78 is 10.7. The van der Waals surface area contributed by atoms with Crippen LogP contribution in [0.4, 0.5) is 0 Å². The van der Waals surface area contributed by atoms with Gasteiger partial charge in [-0.05, 0) is 75.1 Å². The number of ether oxygens (including phenoxy) is 2. The van der Waals surface area contributed by atoms with E-state index in [0.29, 0.717) is 11.5 Å². The molecule has 0 saturated carbocycles. The predicted octanol–water partition coefficient (Wildman–Crippen LogP) is 2.25. The van der Waals surface area contributed by atoms with Crippen LogP contribution in [0.15, 0.2) is 36.7 Å². The molecule has 1 aromatic carbocycles. The van der Waals surface area contributed by atoms with Crippen molar-refractivity contribution in [2.24, 2.45) is 0 Å². The molecule has 0 radical (unpaired) electrons. The zero-order chi connectivity index (χ0) is 20.6. The average Bonchev–Trinajstić information content (AvgIpc) is 2.75. The molecule has 4 N–H and O–H groups in total. The van der Waals surface area contributed by atoms with Crippen LogP contribution in [-0.2, 0) is 12.8 Å². The van der Waals surface area contributed by atoms with Gasteiger partial charge in [-0.15, -0.1) is 24.8 Å². The lowest BCUT2D eigenvalue weighted by atomic mass is 9.98. The van der Waals surface area contributed by atoms with Crippen molar-refractivity contribution in [3.8, 4) is 11.5 Å². The summed E-state index contributed by atoms with van der Waals surface area (Å²) in [4.78, 5) is 21.4. The highest BCUT2D eigenvalue weighted by Crippen LogP contribution is 2.33. The molecule has 188 valence electrons. The maximum absolute atomic E-state index is 12.9. The second-order valence-corrected chi connectivity index (χ2v) is 7.53. The van der Waals surface area contributed by atoms with E-state index in [0.717, 1.165) is 63.0 Å². The van der Waals surface area contributed by atoms with Gasteiger partial charge in [-0.1, -0.05) is 6.07 Å². The first-order valence-electron chi connectivity index (χ1n) is 10.2. The van der Waals surface area contributed by atoms with Crippen molar-refractivity contribution in [1.82, 2.24) is 14.8 Å². The minimum atomic E-state index is 0. The molecule has 1 aromatic heterocycles. The number of carbonyl (C=O) groups excluding carboxylic acids is 1. The number of nitrogens with zero attached hydrogens (tertiary/aromatic N) is 3. The van der Waals surface area contributed by atoms with Crippen LogP contribution in [0.1, 0.15) is 34.3 Å². The second kappa shape index (κ2) is 16.5. The lowest BCUT2D eigenvalue weighted by molar-refractivity contribution is 0.0732. The third-order valence-corrected chi connectivity index (χ3v) is 5.47. The quantitative estimate of drug-likeness (QED) is 0.490. The SMILES string of the molecule is COc1cc2c(cc1OC)C(=O)N(CCCN(C)CCCc1cccnc1)CC2.Cl.Cl.O.O. The fraction of sp³-hybridized carbons (Fsp3) is 0.478. The zero-order valence-corrected chi connectivity index (χ0v) is 21.1. The Bertz CT molecular complexity index is 827. The predicted molar refractivity (Wildman–Crippen MR) is 136 cm³/mol. The van der Waals surface area contributed by atoms with E-state index in [9.17, 15) is 4.79 Å². The van der Waals surface area contributed by atoms with Crippen molar-refractivity contribution in [1.29, 1.82) is 0 Å². The number of fused-ring (bicyclic) bond motifs is 1. The minimum absolute atomic E-state index is 0. The number of halogens is 2. The Morgan fingerprint density at radius 2 is 1.73 bits per heavy atom. The van der Waals surface area contributed by atoms with Crippen molar-refractivity contribution >= 4 is 30.7 Å². The molecule has 1 aliphatic heterocycles. The summed E-state index contributed by atoms with van der Waals surface area (Å²) in [6, 6.07) is 7.85. The van der Waals surface area contributed by atoms with Gasteiger partial charge in [-0.2, -0.15) is 0 Å². The molecule has 0 saturated heterocycles. The minimum Gasteiger partial charge on any atom is -0.493 e. The summed E-state index contributed by atoms with van der Waals surface area (Å²) in [5, 5.41) is 0. The molecule has 1 amide bonds. The van der Waals surface area contributed by atoms with Crippen LogP contribution in [0.3, 0.4) is 0 Å². The van der Waals surface area contributed by atoms with Gasteiger partial charge in [0.15, 0.2) is 11.5 Å². The van der Waals surface area contributed by atoms with E-state index in [1.165, 1.54) is 5.56 Å². The third kappa shape index (κ3) is 8.98. The standard InChI is InChI=1S/C23H31N3O3.2ClH.2H2O/c1-25(11-5-8-18-7-4-10-24-17-18)12-6-13-26-14-9-19-15-21(28-2)22(29-3)16-20(19)23(26)27;;;;/h4,7,10,15-17H,5-6,8-9,11-14H2,1-3H3;2*1H;2*1H2. The van der Waals surface area contributed by atoms with Gasteiger partial charge in [0.05, 0.1) is 14.2 Å². The number of hydrogen-bond acceptors (Lipinski definition) is 5. The van der Waals surface area contributed by atoms with E-state index < -0.39 is 0 Å². The van der Waals surface area contributed by atoms with Gasteiger partial charge in [0.1, 0.15) is 0 Å². The molecule has 2 aromatic rings. The Labute approximate surface area is 208 Å². The molecular formula is C23H37Cl2N3O5. The molecule has 3 rings (SSSR count). The molecule has 8 nitrogen and oxygen atoms in total. The van der Waals surface area contributed by atoms with Crippen molar-refractivity contribution in [2.75, 3.05) is 47.4 Å². The Morgan fingerprint density at radius 3 is 2.36 bits per heavy atom. The van der Waals surface area contributed by atoms with Gasteiger partial charge in [0.2, 0.25) is 0 Å². The summed E-state index contributed by atoms with van der Waals surface area (Å²) in [5.74, 6) is 1.38. The van der Waals surface area contributed by atoms with Crippen LogP contribution in [-0.4, -0.2) is 79.1 Å². The highest BCUT2D eigenvalue weighted by atomic mass is 35.5. The highest BCUT2D eigenvalue weighted by Gasteiger charge is 2.26. The summed E-state index contributed by atoms with van der Waals surface area (Å²) in [7, 11) is 5.36. The maximum Gasteiger partial charge on any atom is 0.254 e. The molecular weight excluding hydrogens is 469 g/mol. The normalized spacial score (nSPS) is 11.9. The van der Waals surface area contributed by atoms with Crippen molar-refractivity contribution in [3.05, 3.63) is 53.3 Å². The second-order valence-electron chi connectivity index (χ2n) is 7.53. The monoisotopic (exact) mass is 505 g/mol. The Balaban J connectivity index is 0. The van der Waals surface area contributed by atoms with Crippen LogP contribution >= 0.6 is 24.8 Å². The highest BCUT2D eigenvalue weighted by molar-refractivity contribution is 5.97. The summed E-state index contributed by atoms with van der Waals surface area (Å²) in [5.41, 5.74) is 3.06. The fourth-order valence-electron chi connectivity index (χ4n) is 3.81. The Morgan fingerprint density at radius 1 is 1.06 bits per heavy atom. The zero-order valence-electron chi connectivity index (χ0n) is 19.5. The number of aryl methyl sites for hydroxylation is 1.